The lowest BCUT2D eigenvalue weighted by molar-refractivity contribution is -0.191. The van der Waals surface area contributed by atoms with Crippen LogP contribution < -0.4 is 5.32 Å². The zero-order valence-electron chi connectivity index (χ0n) is 9.79. The lowest BCUT2D eigenvalue weighted by Gasteiger charge is -2.37. The van der Waals surface area contributed by atoms with Crippen molar-refractivity contribution in [1.29, 1.82) is 0 Å². The van der Waals surface area contributed by atoms with E-state index in [0.717, 1.165) is 19.3 Å². The Labute approximate surface area is 91.3 Å². The third kappa shape index (κ3) is 3.47. The van der Waals surface area contributed by atoms with Crippen LogP contribution in [0.2, 0.25) is 0 Å². The number of carbonyl (C=O) groups is 1. The molecule has 0 bridgehead atoms. The van der Waals surface area contributed by atoms with E-state index in [1.54, 1.807) is 0 Å². The monoisotopic (exact) mass is 215 g/mol. The third-order valence-corrected chi connectivity index (χ3v) is 2.56. The Kier molecular flexibility index (Phi) is 5.05. The number of rotatable bonds is 7. The van der Waals surface area contributed by atoms with Crippen molar-refractivity contribution in [3.63, 3.8) is 0 Å². The predicted octanol–water partition coefficient (Wildman–Crippen LogP) is 1.44. The highest BCUT2D eigenvalue weighted by Gasteiger charge is 2.40. The van der Waals surface area contributed by atoms with Crippen LogP contribution in [-0.4, -0.2) is 30.9 Å². The van der Waals surface area contributed by atoms with Crippen molar-refractivity contribution in [2.75, 3.05) is 6.61 Å². The van der Waals surface area contributed by atoms with E-state index in [0.29, 0.717) is 6.61 Å². The molecule has 1 amide bonds. The molecule has 15 heavy (non-hydrogen) atoms. The van der Waals surface area contributed by atoms with Gasteiger partial charge in [0.1, 0.15) is 0 Å². The van der Waals surface area contributed by atoms with E-state index < -0.39 is 0 Å². The molecule has 1 N–H and O–H groups in total. The molecular weight excluding hydrogens is 194 g/mol. The third-order valence-electron chi connectivity index (χ3n) is 2.56. The molecule has 0 aromatic carbocycles. The molecule has 0 aromatic heterocycles. The summed E-state index contributed by atoms with van der Waals surface area (Å²) in [6.07, 6.45) is 2.65. The van der Waals surface area contributed by atoms with Crippen LogP contribution in [0.25, 0.3) is 0 Å². The van der Waals surface area contributed by atoms with Gasteiger partial charge in [-0.15, -0.1) is 0 Å². The summed E-state index contributed by atoms with van der Waals surface area (Å²) in [5, 5.41) is 2.86. The summed E-state index contributed by atoms with van der Waals surface area (Å²) in [4.78, 5) is 11.3. The average Bonchev–Trinajstić information content (AvgIpc) is 2.21. The molecule has 0 radical (unpaired) electrons. The fraction of sp³-hybridized carbons (Fsp3) is 0.909. The summed E-state index contributed by atoms with van der Waals surface area (Å²) in [6.45, 7) is 6.48. The fourth-order valence-electron chi connectivity index (χ4n) is 1.71. The molecule has 1 aliphatic heterocycles. The van der Waals surface area contributed by atoms with Crippen LogP contribution >= 0.6 is 0 Å². The lowest BCUT2D eigenvalue weighted by Crippen LogP contribution is -2.64. The minimum atomic E-state index is -0.307. The summed E-state index contributed by atoms with van der Waals surface area (Å²) in [5.41, 5.74) is 0. The van der Waals surface area contributed by atoms with Crippen LogP contribution in [-0.2, 0) is 14.3 Å². The minimum absolute atomic E-state index is 0.0114. The number of hydrogen-bond donors (Lipinski definition) is 1. The molecule has 1 heterocycles. The van der Waals surface area contributed by atoms with Crippen LogP contribution in [0, 0.1) is 0 Å². The topological polar surface area (TPSA) is 47.6 Å². The van der Waals surface area contributed by atoms with Crippen LogP contribution in [0.5, 0.6) is 0 Å². The number of unbranched alkanes of at least 4 members (excludes halogenated alkanes) is 1. The highest BCUT2D eigenvalue weighted by molar-refractivity contribution is 5.88. The fourth-order valence-corrected chi connectivity index (χ4v) is 1.71. The normalized spacial score (nSPS) is 27.0. The zero-order valence-corrected chi connectivity index (χ0v) is 9.79. The summed E-state index contributed by atoms with van der Waals surface area (Å²) < 4.78 is 10.8. The van der Waals surface area contributed by atoms with Crippen LogP contribution in [0.3, 0.4) is 0 Å². The average molecular weight is 215 g/mol. The van der Waals surface area contributed by atoms with Gasteiger partial charge in [0.15, 0.2) is 12.4 Å². The summed E-state index contributed by atoms with van der Waals surface area (Å²) in [7, 11) is 0. The molecule has 0 aliphatic carbocycles. The predicted molar refractivity (Wildman–Crippen MR) is 57.4 cm³/mol. The maximum atomic E-state index is 11.3. The van der Waals surface area contributed by atoms with Crippen molar-refractivity contribution in [3.05, 3.63) is 0 Å². The van der Waals surface area contributed by atoms with E-state index >= 15 is 0 Å². The van der Waals surface area contributed by atoms with Gasteiger partial charge in [0, 0.05) is 6.61 Å². The Hall–Kier alpha value is -0.610. The molecule has 4 nitrogen and oxygen atoms in total. The Morgan fingerprint density at radius 2 is 2.20 bits per heavy atom. The smallest absolute Gasteiger partial charge is 0.251 e. The van der Waals surface area contributed by atoms with Gasteiger partial charge in [0.25, 0.3) is 5.91 Å². The van der Waals surface area contributed by atoms with Crippen LogP contribution in [0.4, 0.5) is 0 Å². The zero-order chi connectivity index (χ0) is 11.3. The number of carbonyl (C=O) groups excluding carboxylic acids is 1. The lowest BCUT2D eigenvalue weighted by atomic mass is 9.96. The first-order valence-corrected chi connectivity index (χ1v) is 5.76. The second kappa shape index (κ2) is 6.08. The first-order chi connectivity index (χ1) is 7.19. The van der Waals surface area contributed by atoms with E-state index in [2.05, 4.69) is 12.2 Å². The maximum absolute atomic E-state index is 11.3. The van der Waals surface area contributed by atoms with E-state index in [9.17, 15) is 4.79 Å². The van der Waals surface area contributed by atoms with Crippen molar-refractivity contribution >= 4 is 5.91 Å². The molecule has 4 heteroatoms. The quantitative estimate of drug-likeness (QED) is 0.516. The summed E-state index contributed by atoms with van der Waals surface area (Å²) >= 11 is 0. The van der Waals surface area contributed by atoms with Gasteiger partial charge in [-0.1, -0.05) is 19.8 Å². The number of hydrogen-bond acceptors (Lipinski definition) is 3. The van der Waals surface area contributed by atoms with Gasteiger partial charge < -0.3 is 14.8 Å². The summed E-state index contributed by atoms with van der Waals surface area (Å²) in [6, 6.07) is 0.181. The molecular formula is C11H21NO3. The molecule has 1 rings (SSSR count). The molecule has 0 spiro atoms. The number of amides is 1. The minimum Gasteiger partial charge on any atom is -0.353 e. The van der Waals surface area contributed by atoms with E-state index in [1.807, 2.05) is 13.8 Å². The molecule has 1 unspecified atom stereocenters. The van der Waals surface area contributed by atoms with Gasteiger partial charge >= 0.3 is 0 Å². The first kappa shape index (κ1) is 12.5. The number of β-lactam (4-membered cyclic amide) rings is 1. The van der Waals surface area contributed by atoms with Gasteiger partial charge in [-0.25, -0.2) is 0 Å². The van der Waals surface area contributed by atoms with Crippen molar-refractivity contribution in [3.8, 4) is 0 Å². The Morgan fingerprint density at radius 3 is 2.73 bits per heavy atom. The van der Waals surface area contributed by atoms with E-state index in [4.69, 9.17) is 9.47 Å². The van der Waals surface area contributed by atoms with Crippen molar-refractivity contribution < 1.29 is 14.3 Å². The van der Waals surface area contributed by atoms with Crippen LogP contribution in [0.15, 0.2) is 0 Å². The second-order valence-corrected chi connectivity index (χ2v) is 3.84. The van der Waals surface area contributed by atoms with Crippen LogP contribution in [0.1, 0.15) is 40.0 Å². The van der Waals surface area contributed by atoms with Crippen molar-refractivity contribution in [2.24, 2.45) is 0 Å². The van der Waals surface area contributed by atoms with Crippen molar-refractivity contribution in [1.82, 2.24) is 5.32 Å². The van der Waals surface area contributed by atoms with E-state index in [-0.39, 0.29) is 24.3 Å². The molecule has 1 saturated heterocycles. The standard InChI is InChI=1S/C11H21NO3/c1-4-6-7-9-10(11(13)12-9)15-8(3)14-5-2/h8-10H,4-7H2,1-3H3,(H,12,13)/t8?,9-,10+/m0/s1. The van der Waals surface area contributed by atoms with E-state index in [1.165, 1.54) is 0 Å². The highest BCUT2D eigenvalue weighted by Crippen LogP contribution is 2.18. The first-order valence-electron chi connectivity index (χ1n) is 5.76. The molecule has 88 valence electrons. The van der Waals surface area contributed by atoms with Gasteiger partial charge in [0.2, 0.25) is 0 Å². The molecule has 0 aromatic rings. The second-order valence-electron chi connectivity index (χ2n) is 3.84. The van der Waals surface area contributed by atoms with Gasteiger partial charge in [-0.3, -0.25) is 4.79 Å². The van der Waals surface area contributed by atoms with Gasteiger partial charge in [-0.2, -0.15) is 0 Å². The van der Waals surface area contributed by atoms with Gasteiger partial charge in [-0.05, 0) is 20.3 Å². The molecule has 1 fully saturated rings. The largest absolute Gasteiger partial charge is 0.353 e. The maximum Gasteiger partial charge on any atom is 0.251 e. The highest BCUT2D eigenvalue weighted by atomic mass is 16.7. The SMILES string of the molecule is CCCC[C@@H]1NC(=O)[C@@H]1OC(C)OCC. The molecule has 0 saturated carbocycles. The number of nitrogens with one attached hydrogen (secondary N) is 1. The summed E-state index contributed by atoms with van der Waals surface area (Å²) in [5.74, 6) is -0.0114. The van der Waals surface area contributed by atoms with Gasteiger partial charge in [0.05, 0.1) is 6.04 Å². The Morgan fingerprint density at radius 1 is 1.47 bits per heavy atom. The van der Waals surface area contributed by atoms with Crippen molar-refractivity contribution in [2.45, 2.75) is 58.5 Å². The Bertz CT molecular complexity index is 208. The molecule has 1 aliphatic rings. The molecule has 3 atom stereocenters. The Balaban J connectivity index is 2.28. The number of ether oxygens (including phenoxy) is 2.